The number of nitrogens with one attached hydrogen (secondary N) is 1. The van der Waals surface area contributed by atoms with Gasteiger partial charge in [0.25, 0.3) is 0 Å². The highest BCUT2D eigenvalue weighted by Crippen LogP contribution is 2.27. The molecule has 1 fully saturated rings. The van der Waals surface area contributed by atoms with Crippen LogP contribution in [0.3, 0.4) is 0 Å². The molecule has 6 nitrogen and oxygen atoms in total. The first-order chi connectivity index (χ1) is 11.7. The van der Waals surface area contributed by atoms with E-state index in [1.54, 1.807) is 25.1 Å². The fourth-order valence-electron chi connectivity index (χ4n) is 2.80. The van der Waals surface area contributed by atoms with E-state index in [-0.39, 0.29) is 11.9 Å². The number of rotatable bonds is 5. The number of piperidine rings is 1. The lowest BCUT2D eigenvalue weighted by Gasteiger charge is -2.25. The number of likely N-dealkylation sites (tertiary alicyclic amines) is 1. The zero-order valence-electron chi connectivity index (χ0n) is 13.7. The van der Waals surface area contributed by atoms with Gasteiger partial charge in [-0.25, -0.2) is 9.78 Å². The van der Waals surface area contributed by atoms with Crippen LogP contribution < -0.4 is 5.32 Å². The summed E-state index contributed by atoms with van der Waals surface area (Å²) in [5.74, 6) is -0.384. The van der Waals surface area contributed by atoms with Crippen molar-refractivity contribution in [2.24, 2.45) is 0 Å². The minimum absolute atomic E-state index is 0.0402. The van der Waals surface area contributed by atoms with Crippen molar-refractivity contribution in [3.05, 3.63) is 23.8 Å². The van der Waals surface area contributed by atoms with E-state index in [1.165, 1.54) is 17.8 Å². The van der Waals surface area contributed by atoms with E-state index in [4.69, 9.17) is 4.74 Å². The third-order valence-electron chi connectivity index (χ3n) is 3.96. The number of anilines is 1. The molecule has 0 unspecified atom stereocenters. The maximum Gasteiger partial charge on any atom is 0.338 e. The van der Waals surface area contributed by atoms with Gasteiger partial charge in [0.1, 0.15) is 0 Å². The second kappa shape index (κ2) is 7.72. The van der Waals surface area contributed by atoms with Gasteiger partial charge in [-0.3, -0.25) is 9.69 Å². The number of hydrogen-bond donors (Lipinski definition) is 1. The zero-order chi connectivity index (χ0) is 16.9. The molecular formula is C17H21N3O3S. The molecule has 1 amide bonds. The summed E-state index contributed by atoms with van der Waals surface area (Å²) in [6, 6.07) is 5.23. The quantitative estimate of drug-likeness (QED) is 0.842. The van der Waals surface area contributed by atoms with E-state index in [0.29, 0.717) is 23.8 Å². The van der Waals surface area contributed by atoms with Crippen LogP contribution in [-0.4, -0.2) is 48.0 Å². The number of benzene rings is 1. The standard InChI is InChI=1S/C17H21N3O3S/c1-2-23-16(22)12-6-7-13-14(10-12)24-17(18-13)19-15(21)11-20-8-4-3-5-9-20/h6-7,10H,2-5,8-9,11H2,1H3,(H,18,19,21). The number of fused-ring (bicyclic) bond motifs is 1. The Balaban J connectivity index is 1.66. The molecule has 0 aliphatic carbocycles. The van der Waals surface area contributed by atoms with Gasteiger partial charge in [-0.2, -0.15) is 0 Å². The molecule has 1 aliphatic rings. The third-order valence-corrected chi connectivity index (χ3v) is 4.90. The first-order valence-electron chi connectivity index (χ1n) is 8.25. The van der Waals surface area contributed by atoms with Crippen LogP contribution in [0.2, 0.25) is 0 Å². The molecule has 0 saturated carbocycles. The molecule has 0 radical (unpaired) electrons. The van der Waals surface area contributed by atoms with Crippen molar-refractivity contribution in [2.75, 3.05) is 31.6 Å². The molecule has 24 heavy (non-hydrogen) atoms. The third kappa shape index (κ3) is 4.10. The highest BCUT2D eigenvalue weighted by atomic mass is 32.1. The molecule has 3 rings (SSSR count). The smallest absolute Gasteiger partial charge is 0.338 e. The Labute approximate surface area is 144 Å². The second-order valence-corrected chi connectivity index (χ2v) is 6.84. The summed E-state index contributed by atoms with van der Waals surface area (Å²) in [5.41, 5.74) is 1.26. The molecule has 128 valence electrons. The van der Waals surface area contributed by atoms with Crippen molar-refractivity contribution in [3.63, 3.8) is 0 Å². The second-order valence-electron chi connectivity index (χ2n) is 5.81. The maximum absolute atomic E-state index is 12.2. The summed E-state index contributed by atoms with van der Waals surface area (Å²) >= 11 is 1.37. The predicted octanol–water partition coefficient (Wildman–Crippen LogP) is 2.90. The van der Waals surface area contributed by atoms with Gasteiger partial charge in [0.15, 0.2) is 5.13 Å². The minimum Gasteiger partial charge on any atom is -0.462 e. The number of hydrogen-bond acceptors (Lipinski definition) is 6. The Morgan fingerprint density at radius 3 is 2.83 bits per heavy atom. The first kappa shape index (κ1) is 16.9. The summed E-state index contributed by atoms with van der Waals surface area (Å²) in [7, 11) is 0. The molecule has 1 N–H and O–H groups in total. The highest BCUT2D eigenvalue weighted by molar-refractivity contribution is 7.22. The van der Waals surface area contributed by atoms with Crippen molar-refractivity contribution in [2.45, 2.75) is 26.2 Å². The van der Waals surface area contributed by atoms with E-state index < -0.39 is 0 Å². The fourth-order valence-corrected chi connectivity index (χ4v) is 3.72. The van der Waals surface area contributed by atoms with Crippen LogP contribution >= 0.6 is 11.3 Å². The summed E-state index contributed by atoms with van der Waals surface area (Å²) < 4.78 is 5.86. The Morgan fingerprint density at radius 1 is 1.29 bits per heavy atom. The summed E-state index contributed by atoms with van der Waals surface area (Å²) in [6.07, 6.45) is 3.56. The molecule has 2 heterocycles. The molecule has 7 heteroatoms. The van der Waals surface area contributed by atoms with E-state index >= 15 is 0 Å². The van der Waals surface area contributed by atoms with Crippen LogP contribution in [-0.2, 0) is 9.53 Å². The average Bonchev–Trinajstić information content (AvgIpc) is 2.97. The van der Waals surface area contributed by atoms with Gasteiger partial charge in [0.2, 0.25) is 5.91 Å². The molecule has 2 aromatic rings. The van der Waals surface area contributed by atoms with Gasteiger partial charge in [0, 0.05) is 0 Å². The van der Waals surface area contributed by atoms with Crippen molar-refractivity contribution in [1.29, 1.82) is 0 Å². The Morgan fingerprint density at radius 2 is 2.08 bits per heavy atom. The van der Waals surface area contributed by atoms with Crippen molar-refractivity contribution >= 4 is 38.6 Å². The molecule has 0 bridgehead atoms. The van der Waals surface area contributed by atoms with Crippen LogP contribution in [0.5, 0.6) is 0 Å². The van der Waals surface area contributed by atoms with E-state index in [2.05, 4.69) is 15.2 Å². The SMILES string of the molecule is CCOC(=O)c1ccc2nc(NC(=O)CN3CCCCC3)sc2c1. The fraction of sp³-hybridized carbons (Fsp3) is 0.471. The van der Waals surface area contributed by atoms with E-state index in [9.17, 15) is 9.59 Å². The Kier molecular flexibility index (Phi) is 5.42. The van der Waals surface area contributed by atoms with Crippen molar-refractivity contribution in [3.8, 4) is 0 Å². The van der Waals surface area contributed by atoms with E-state index in [0.717, 1.165) is 36.1 Å². The highest BCUT2D eigenvalue weighted by Gasteiger charge is 2.16. The van der Waals surface area contributed by atoms with Crippen LogP contribution in [0.25, 0.3) is 10.2 Å². The maximum atomic E-state index is 12.2. The number of carbonyl (C=O) groups excluding carboxylic acids is 2. The lowest BCUT2D eigenvalue weighted by molar-refractivity contribution is -0.117. The minimum atomic E-state index is -0.344. The number of carbonyl (C=O) groups is 2. The van der Waals surface area contributed by atoms with Gasteiger partial charge in [-0.15, -0.1) is 0 Å². The van der Waals surface area contributed by atoms with Crippen molar-refractivity contribution in [1.82, 2.24) is 9.88 Å². The molecule has 0 atom stereocenters. The van der Waals surface area contributed by atoms with E-state index in [1.807, 2.05) is 0 Å². The van der Waals surface area contributed by atoms with Crippen LogP contribution in [0.1, 0.15) is 36.5 Å². The Hall–Kier alpha value is -1.99. The molecule has 1 aromatic heterocycles. The molecule has 1 aromatic carbocycles. The molecule has 1 saturated heterocycles. The van der Waals surface area contributed by atoms with Crippen molar-refractivity contribution < 1.29 is 14.3 Å². The number of ether oxygens (including phenoxy) is 1. The average molecular weight is 347 g/mol. The lowest BCUT2D eigenvalue weighted by atomic mass is 10.1. The normalized spacial score (nSPS) is 15.4. The largest absolute Gasteiger partial charge is 0.462 e. The van der Waals surface area contributed by atoms with Gasteiger partial charge >= 0.3 is 5.97 Å². The lowest BCUT2D eigenvalue weighted by Crippen LogP contribution is -2.36. The summed E-state index contributed by atoms with van der Waals surface area (Å²) in [6.45, 7) is 4.49. The van der Waals surface area contributed by atoms with Gasteiger partial charge in [-0.1, -0.05) is 17.8 Å². The zero-order valence-corrected chi connectivity index (χ0v) is 14.5. The first-order valence-corrected chi connectivity index (χ1v) is 9.07. The van der Waals surface area contributed by atoms with Crippen LogP contribution in [0.4, 0.5) is 5.13 Å². The monoisotopic (exact) mass is 347 g/mol. The number of amides is 1. The Bertz CT molecular complexity index is 738. The number of aromatic nitrogens is 1. The van der Waals surface area contributed by atoms with Crippen LogP contribution in [0.15, 0.2) is 18.2 Å². The summed E-state index contributed by atoms with van der Waals surface area (Å²) in [4.78, 5) is 30.5. The van der Waals surface area contributed by atoms with Gasteiger partial charge in [-0.05, 0) is 51.1 Å². The topological polar surface area (TPSA) is 71.5 Å². The van der Waals surface area contributed by atoms with Gasteiger partial charge in [0.05, 0.1) is 28.9 Å². The number of nitrogens with zero attached hydrogens (tertiary/aromatic N) is 2. The number of thiazole rings is 1. The van der Waals surface area contributed by atoms with Crippen LogP contribution in [0, 0.1) is 0 Å². The number of esters is 1. The molecule has 1 aliphatic heterocycles. The summed E-state index contributed by atoms with van der Waals surface area (Å²) in [5, 5.41) is 3.43. The molecular weight excluding hydrogens is 326 g/mol. The van der Waals surface area contributed by atoms with Gasteiger partial charge < -0.3 is 10.1 Å². The predicted molar refractivity (Wildman–Crippen MR) is 94.5 cm³/mol. The molecule has 0 spiro atoms.